The summed E-state index contributed by atoms with van der Waals surface area (Å²) in [5.74, 6) is 1.57. The van der Waals surface area contributed by atoms with Crippen molar-refractivity contribution in [2.24, 2.45) is 15.4 Å². The molecule has 0 spiro atoms. The summed E-state index contributed by atoms with van der Waals surface area (Å²) < 4.78 is 11.3. The Morgan fingerprint density at radius 3 is 1.81 bits per heavy atom. The summed E-state index contributed by atoms with van der Waals surface area (Å²) in [6.07, 6.45) is 0.893. The van der Waals surface area contributed by atoms with Crippen molar-refractivity contribution in [3.8, 4) is 0 Å². The smallest absolute Gasteiger partial charge is 0.199 e. The van der Waals surface area contributed by atoms with E-state index in [2.05, 4.69) is 37.7 Å². The van der Waals surface area contributed by atoms with Crippen molar-refractivity contribution in [1.29, 1.82) is 0 Å². The number of nitrogens with zero attached hydrogens (tertiary/aromatic N) is 2. The average molecular weight is 224 g/mol. The van der Waals surface area contributed by atoms with Gasteiger partial charge in [-0.15, -0.1) is 0 Å². The van der Waals surface area contributed by atoms with Crippen LogP contribution in [0.15, 0.2) is 9.98 Å². The van der Waals surface area contributed by atoms with Gasteiger partial charge in [0.2, 0.25) is 0 Å². The SMILES string of the molecule is CCC(C)(C1=NC(C)CO1)C1=NC(C)CO1. The predicted molar refractivity (Wildman–Crippen MR) is 64.1 cm³/mol. The summed E-state index contributed by atoms with van der Waals surface area (Å²) >= 11 is 0. The van der Waals surface area contributed by atoms with Crippen LogP contribution in [-0.4, -0.2) is 37.1 Å². The van der Waals surface area contributed by atoms with Crippen LogP contribution in [0.4, 0.5) is 0 Å². The Morgan fingerprint density at radius 1 is 1.12 bits per heavy atom. The lowest BCUT2D eigenvalue weighted by molar-refractivity contribution is 0.258. The van der Waals surface area contributed by atoms with Crippen molar-refractivity contribution < 1.29 is 9.47 Å². The van der Waals surface area contributed by atoms with Crippen LogP contribution in [-0.2, 0) is 9.47 Å². The van der Waals surface area contributed by atoms with E-state index in [0.717, 1.165) is 18.2 Å². The zero-order valence-electron chi connectivity index (χ0n) is 10.5. The van der Waals surface area contributed by atoms with Gasteiger partial charge in [-0.25, -0.2) is 9.98 Å². The van der Waals surface area contributed by atoms with E-state index >= 15 is 0 Å². The molecule has 4 nitrogen and oxygen atoms in total. The third-order valence-electron chi connectivity index (χ3n) is 3.25. The highest BCUT2D eigenvalue weighted by Gasteiger charge is 2.42. The van der Waals surface area contributed by atoms with E-state index in [0.29, 0.717) is 13.2 Å². The Kier molecular flexibility index (Phi) is 2.91. The minimum absolute atomic E-state index is 0.250. The van der Waals surface area contributed by atoms with E-state index in [4.69, 9.17) is 9.47 Å². The maximum absolute atomic E-state index is 5.66. The zero-order valence-corrected chi connectivity index (χ0v) is 10.5. The molecule has 16 heavy (non-hydrogen) atoms. The van der Waals surface area contributed by atoms with E-state index < -0.39 is 0 Å². The Morgan fingerprint density at radius 2 is 1.56 bits per heavy atom. The molecule has 2 unspecified atom stereocenters. The molecular weight excluding hydrogens is 204 g/mol. The standard InChI is InChI=1S/C12H20N2O2/c1-5-12(4,10-13-8(2)6-15-10)11-14-9(3)7-16-11/h8-9H,5-7H2,1-4H3. The third-order valence-corrected chi connectivity index (χ3v) is 3.25. The molecule has 0 aromatic heterocycles. The highest BCUT2D eigenvalue weighted by molar-refractivity contribution is 6.05. The molecule has 0 saturated carbocycles. The van der Waals surface area contributed by atoms with E-state index in [1.807, 2.05) is 0 Å². The van der Waals surface area contributed by atoms with E-state index in [1.54, 1.807) is 0 Å². The van der Waals surface area contributed by atoms with Crippen LogP contribution in [0, 0.1) is 5.41 Å². The summed E-state index contributed by atoms with van der Waals surface area (Å²) in [6, 6.07) is 0.501. The van der Waals surface area contributed by atoms with Crippen molar-refractivity contribution in [2.45, 2.75) is 46.2 Å². The lowest BCUT2D eigenvalue weighted by Crippen LogP contribution is -2.36. The molecule has 0 N–H and O–H groups in total. The second-order valence-electron chi connectivity index (χ2n) is 4.87. The quantitative estimate of drug-likeness (QED) is 0.736. The Hall–Kier alpha value is -1.06. The van der Waals surface area contributed by atoms with Gasteiger partial charge in [0.05, 0.1) is 12.1 Å². The lowest BCUT2D eigenvalue weighted by atomic mass is 9.87. The van der Waals surface area contributed by atoms with E-state index in [-0.39, 0.29) is 17.5 Å². The van der Waals surface area contributed by atoms with Gasteiger partial charge in [0, 0.05) is 0 Å². The topological polar surface area (TPSA) is 43.2 Å². The van der Waals surface area contributed by atoms with Gasteiger partial charge >= 0.3 is 0 Å². The number of hydrogen-bond acceptors (Lipinski definition) is 4. The molecule has 0 aromatic rings. The van der Waals surface area contributed by atoms with Gasteiger partial charge in [0.15, 0.2) is 11.8 Å². The fraction of sp³-hybridized carbons (Fsp3) is 0.833. The molecule has 0 radical (unpaired) electrons. The Bertz CT molecular complexity index is 308. The molecule has 2 aliphatic heterocycles. The molecule has 2 atom stereocenters. The van der Waals surface area contributed by atoms with Crippen molar-refractivity contribution >= 4 is 11.8 Å². The minimum Gasteiger partial charge on any atom is -0.478 e. The summed E-state index contributed by atoms with van der Waals surface area (Å²) in [5, 5.41) is 0. The number of ether oxygens (including phenoxy) is 2. The van der Waals surface area contributed by atoms with Gasteiger partial charge in [0.25, 0.3) is 0 Å². The number of aliphatic imine (C=N–C) groups is 2. The second-order valence-corrected chi connectivity index (χ2v) is 4.87. The first kappa shape index (κ1) is 11.4. The maximum Gasteiger partial charge on any atom is 0.199 e. The molecule has 2 aliphatic rings. The number of hydrogen-bond donors (Lipinski definition) is 0. The van der Waals surface area contributed by atoms with Crippen LogP contribution >= 0.6 is 0 Å². The van der Waals surface area contributed by atoms with Crippen LogP contribution in [0.5, 0.6) is 0 Å². The highest BCUT2D eigenvalue weighted by Crippen LogP contribution is 2.32. The monoisotopic (exact) mass is 224 g/mol. The van der Waals surface area contributed by atoms with Crippen molar-refractivity contribution in [3.05, 3.63) is 0 Å². The Labute approximate surface area is 96.8 Å². The van der Waals surface area contributed by atoms with Crippen LogP contribution in [0.25, 0.3) is 0 Å². The predicted octanol–water partition coefficient (Wildman–Crippen LogP) is 2.04. The normalized spacial score (nSPS) is 32.5. The molecule has 0 amide bonds. The average Bonchev–Trinajstić information content (AvgIpc) is 2.86. The van der Waals surface area contributed by atoms with Crippen molar-refractivity contribution in [2.75, 3.05) is 13.2 Å². The zero-order chi connectivity index (χ0) is 11.8. The molecule has 0 bridgehead atoms. The van der Waals surface area contributed by atoms with Gasteiger partial charge < -0.3 is 9.47 Å². The molecule has 0 aliphatic carbocycles. The van der Waals surface area contributed by atoms with Crippen molar-refractivity contribution in [3.63, 3.8) is 0 Å². The molecule has 2 heterocycles. The summed E-state index contributed by atoms with van der Waals surface area (Å²) in [4.78, 5) is 9.07. The molecule has 0 aromatic carbocycles. The fourth-order valence-electron chi connectivity index (χ4n) is 1.95. The summed E-state index contributed by atoms with van der Waals surface area (Å²) in [5.41, 5.74) is -0.282. The molecule has 0 fully saturated rings. The first-order valence-electron chi connectivity index (χ1n) is 5.98. The summed E-state index contributed by atoms with van der Waals surface area (Å²) in [7, 11) is 0. The maximum atomic E-state index is 5.66. The van der Waals surface area contributed by atoms with Crippen LogP contribution in [0.1, 0.15) is 34.1 Å². The molecule has 2 rings (SSSR count). The second kappa shape index (κ2) is 4.07. The van der Waals surface area contributed by atoms with Gasteiger partial charge in [-0.05, 0) is 27.2 Å². The van der Waals surface area contributed by atoms with Gasteiger partial charge in [-0.1, -0.05) is 6.92 Å². The van der Waals surface area contributed by atoms with E-state index in [1.165, 1.54) is 0 Å². The van der Waals surface area contributed by atoms with Crippen LogP contribution in [0.3, 0.4) is 0 Å². The van der Waals surface area contributed by atoms with Gasteiger partial charge in [0.1, 0.15) is 18.6 Å². The highest BCUT2D eigenvalue weighted by atomic mass is 16.5. The van der Waals surface area contributed by atoms with Gasteiger partial charge in [-0.3, -0.25) is 0 Å². The first-order valence-corrected chi connectivity index (χ1v) is 5.98. The Balaban J connectivity index is 2.26. The summed E-state index contributed by atoms with van der Waals surface area (Å²) in [6.45, 7) is 9.68. The van der Waals surface area contributed by atoms with Crippen molar-refractivity contribution in [1.82, 2.24) is 0 Å². The minimum atomic E-state index is -0.282. The fourth-order valence-corrected chi connectivity index (χ4v) is 1.95. The van der Waals surface area contributed by atoms with Crippen LogP contribution in [0.2, 0.25) is 0 Å². The lowest BCUT2D eigenvalue weighted by Gasteiger charge is -2.26. The van der Waals surface area contributed by atoms with Crippen LogP contribution < -0.4 is 0 Å². The van der Waals surface area contributed by atoms with E-state index in [9.17, 15) is 0 Å². The molecule has 0 saturated heterocycles. The third kappa shape index (κ3) is 1.81. The first-order chi connectivity index (χ1) is 7.56. The van der Waals surface area contributed by atoms with Gasteiger partial charge in [-0.2, -0.15) is 0 Å². The number of rotatable bonds is 3. The molecular formula is C12H20N2O2. The molecule has 4 heteroatoms. The molecule has 90 valence electrons. The largest absolute Gasteiger partial charge is 0.478 e.